The van der Waals surface area contributed by atoms with Crippen LogP contribution in [0.3, 0.4) is 0 Å². The van der Waals surface area contributed by atoms with Crippen LogP contribution in [-0.4, -0.2) is 49.0 Å². The zero-order chi connectivity index (χ0) is 10.4. The van der Waals surface area contributed by atoms with Crippen molar-refractivity contribution in [2.45, 2.75) is 20.0 Å². The highest BCUT2D eigenvalue weighted by Crippen LogP contribution is 1.99. The lowest BCUT2D eigenvalue weighted by Crippen LogP contribution is -2.36. The number of hydrogen-bond donors (Lipinski definition) is 1. The Balaban J connectivity index is 2.23. The van der Waals surface area contributed by atoms with E-state index < -0.39 is 6.10 Å². The smallest absolute Gasteiger partial charge is 0.117 e. The minimum atomic E-state index is -0.490. The van der Waals surface area contributed by atoms with Gasteiger partial charge in [-0.15, -0.1) is 0 Å². The van der Waals surface area contributed by atoms with E-state index in [1.165, 1.54) is 0 Å². The lowest BCUT2D eigenvalue weighted by molar-refractivity contribution is 0.0443. The number of ether oxygens (including phenoxy) is 1. The van der Waals surface area contributed by atoms with Crippen molar-refractivity contribution in [2.24, 2.45) is 5.92 Å². The molecule has 0 saturated carbocycles. The molecule has 0 amide bonds. The van der Waals surface area contributed by atoms with Gasteiger partial charge in [0.15, 0.2) is 0 Å². The first kappa shape index (κ1) is 11.5. The summed E-state index contributed by atoms with van der Waals surface area (Å²) >= 11 is 0. The topological polar surface area (TPSA) is 32.7 Å². The van der Waals surface area contributed by atoms with E-state index in [9.17, 15) is 5.11 Å². The third-order valence-electron chi connectivity index (χ3n) is 2.29. The first-order valence-electron chi connectivity index (χ1n) is 5.16. The molecule has 0 bridgehead atoms. The minimum Gasteiger partial charge on any atom is -0.380 e. The lowest BCUT2D eigenvalue weighted by Gasteiger charge is -2.24. The zero-order valence-corrected chi connectivity index (χ0v) is 8.99. The van der Waals surface area contributed by atoms with E-state index in [-0.39, 0.29) is 5.92 Å². The number of aliphatic hydroxyl groups excluding tert-OH is 1. The van der Waals surface area contributed by atoms with Crippen molar-refractivity contribution < 1.29 is 9.84 Å². The van der Waals surface area contributed by atoms with E-state index in [1.54, 1.807) is 0 Å². The molecule has 1 saturated heterocycles. The first-order chi connectivity index (χ1) is 6.70. The fraction of sp³-hybridized carbons (Fsp3) is 0.818. The molecule has 0 aromatic carbocycles. The molecule has 1 N–H and O–H groups in total. The third kappa shape index (κ3) is 4.10. The van der Waals surface area contributed by atoms with E-state index in [4.69, 9.17) is 4.74 Å². The Kier molecular flexibility index (Phi) is 4.95. The van der Waals surface area contributed by atoms with E-state index in [1.807, 2.05) is 13.8 Å². The highest BCUT2D eigenvalue weighted by atomic mass is 16.5. The second kappa shape index (κ2) is 6.02. The van der Waals surface area contributed by atoms with E-state index in [0.717, 1.165) is 32.8 Å². The minimum absolute atomic E-state index is 0.215. The summed E-state index contributed by atoms with van der Waals surface area (Å²) in [5, 5.41) is 9.44. The van der Waals surface area contributed by atoms with Crippen LogP contribution in [0.5, 0.6) is 0 Å². The van der Waals surface area contributed by atoms with Crippen LogP contribution in [0.4, 0.5) is 0 Å². The van der Waals surface area contributed by atoms with Crippen LogP contribution < -0.4 is 0 Å². The molecule has 0 aromatic rings. The molecule has 14 heavy (non-hydrogen) atoms. The standard InChI is InChI=1S/C11H19NO2/c1-10(2)11(13)4-3-5-12-6-8-14-9-7-12/h10-11,13H,5-9H2,1-2H3. The van der Waals surface area contributed by atoms with Gasteiger partial charge in [-0.3, -0.25) is 4.90 Å². The second-order valence-corrected chi connectivity index (χ2v) is 3.90. The number of morpholine rings is 1. The van der Waals surface area contributed by atoms with Crippen molar-refractivity contribution in [3.8, 4) is 11.8 Å². The molecule has 1 aliphatic heterocycles. The average Bonchev–Trinajstić information content (AvgIpc) is 2.19. The maximum absolute atomic E-state index is 9.44. The monoisotopic (exact) mass is 197 g/mol. The van der Waals surface area contributed by atoms with Crippen molar-refractivity contribution in [3.05, 3.63) is 0 Å². The Morgan fingerprint density at radius 3 is 2.57 bits per heavy atom. The van der Waals surface area contributed by atoms with Gasteiger partial charge in [0.1, 0.15) is 6.10 Å². The summed E-state index contributed by atoms with van der Waals surface area (Å²) in [4.78, 5) is 2.24. The molecule has 0 spiro atoms. The van der Waals surface area contributed by atoms with Crippen LogP contribution in [0.2, 0.25) is 0 Å². The van der Waals surface area contributed by atoms with Gasteiger partial charge in [-0.1, -0.05) is 25.7 Å². The Morgan fingerprint density at radius 1 is 1.36 bits per heavy atom. The fourth-order valence-corrected chi connectivity index (χ4v) is 1.19. The molecule has 0 aliphatic carbocycles. The molecule has 1 atom stereocenters. The van der Waals surface area contributed by atoms with Crippen molar-refractivity contribution in [1.29, 1.82) is 0 Å². The molecule has 3 heteroatoms. The molecule has 1 unspecified atom stereocenters. The summed E-state index contributed by atoms with van der Waals surface area (Å²) in [5.74, 6) is 6.07. The summed E-state index contributed by atoms with van der Waals surface area (Å²) in [6.45, 7) is 8.18. The Bertz CT molecular complexity index is 211. The summed E-state index contributed by atoms with van der Waals surface area (Å²) in [5.41, 5.74) is 0. The van der Waals surface area contributed by atoms with Crippen LogP contribution in [0.15, 0.2) is 0 Å². The molecular weight excluding hydrogens is 178 g/mol. The molecule has 1 fully saturated rings. The maximum atomic E-state index is 9.44. The van der Waals surface area contributed by atoms with E-state index >= 15 is 0 Å². The lowest BCUT2D eigenvalue weighted by atomic mass is 10.1. The van der Waals surface area contributed by atoms with Gasteiger partial charge < -0.3 is 9.84 Å². The molecular formula is C11H19NO2. The van der Waals surface area contributed by atoms with Gasteiger partial charge in [0.25, 0.3) is 0 Å². The molecule has 1 aliphatic rings. The highest BCUT2D eigenvalue weighted by molar-refractivity contribution is 5.07. The Labute approximate surface area is 86.0 Å². The summed E-state index contributed by atoms with van der Waals surface area (Å²) < 4.78 is 5.23. The van der Waals surface area contributed by atoms with Crippen LogP contribution in [0, 0.1) is 17.8 Å². The molecule has 0 aromatic heterocycles. The first-order valence-corrected chi connectivity index (χ1v) is 5.16. The van der Waals surface area contributed by atoms with Crippen molar-refractivity contribution >= 4 is 0 Å². The largest absolute Gasteiger partial charge is 0.380 e. The Morgan fingerprint density at radius 2 is 2.00 bits per heavy atom. The summed E-state index contributed by atoms with van der Waals surface area (Å²) in [7, 11) is 0. The van der Waals surface area contributed by atoms with Crippen molar-refractivity contribution in [2.75, 3.05) is 32.8 Å². The average molecular weight is 197 g/mol. The highest BCUT2D eigenvalue weighted by Gasteiger charge is 2.08. The quantitative estimate of drug-likeness (QED) is 0.648. The van der Waals surface area contributed by atoms with Crippen LogP contribution in [-0.2, 0) is 4.74 Å². The van der Waals surface area contributed by atoms with Gasteiger partial charge in [0, 0.05) is 13.1 Å². The maximum Gasteiger partial charge on any atom is 0.117 e. The molecule has 80 valence electrons. The fourth-order valence-electron chi connectivity index (χ4n) is 1.19. The predicted octanol–water partition coefficient (Wildman–Crippen LogP) is 0.339. The second-order valence-electron chi connectivity index (χ2n) is 3.90. The van der Waals surface area contributed by atoms with E-state index in [0.29, 0.717) is 0 Å². The molecule has 0 radical (unpaired) electrons. The van der Waals surface area contributed by atoms with Gasteiger partial charge in [-0.05, 0) is 5.92 Å². The van der Waals surface area contributed by atoms with Crippen molar-refractivity contribution in [1.82, 2.24) is 4.90 Å². The number of nitrogens with zero attached hydrogens (tertiary/aromatic N) is 1. The molecule has 1 rings (SSSR count). The molecule has 3 nitrogen and oxygen atoms in total. The van der Waals surface area contributed by atoms with Gasteiger partial charge in [-0.2, -0.15) is 0 Å². The van der Waals surface area contributed by atoms with Gasteiger partial charge in [0.2, 0.25) is 0 Å². The summed E-state index contributed by atoms with van der Waals surface area (Å²) in [6, 6.07) is 0. The Hall–Kier alpha value is -0.560. The van der Waals surface area contributed by atoms with E-state index in [2.05, 4.69) is 16.7 Å². The van der Waals surface area contributed by atoms with Crippen LogP contribution >= 0.6 is 0 Å². The van der Waals surface area contributed by atoms with Gasteiger partial charge >= 0.3 is 0 Å². The van der Waals surface area contributed by atoms with Gasteiger partial charge in [0.05, 0.1) is 19.8 Å². The number of hydrogen-bond acceptors (Lipinski definition) is 3. The predicted molar refractivity (Wildman–Crippen MR) is 55.9 cm³/mol. The van der Waals surface area contributed by atoms with Crippen molar-refractivity contribution in [3.63, 3.8) is 0 Å². The van der Waals surface area contributed by atoms with Crippen LogP contribution in [0.1, 0.15) is 13.8 Å². The molecule has 1 heterocycles. The number of aliphatic hydroxyl groups is 1. The zero-order valence-electron chi connectivity index (χ0n) is 8.99. The number of rotatable bonds is 2. The normalized spacial score (nSPS) is 20.3. The SMILES string of the molecule is CC(C)C(O)C#CCN1CCOCC1. The van der Waals surface area contributed by atoms with Crippen LogP contribution in [0.25, 0.3) is 0 Å². The van der Waals surface area contributed by atoms with Gasteiger partial charge in [-0.25, -0.2) is 0 Å². The summed E-state index contributed by atoms with van der Waals surface area (Å²) in [6.07, 6.45) is -0.490. The third-order valence-corrected chi connectivity index (χ3v) is 2.29.